The Morgan fingerprint density at radius 1 is 1.24 bits per heavy atom. The van der Waals surface area contributed by atoms with Crippen molar-refractivity contribution in [3.05, 3.63) is 42.0 Å². The summed E-state index contributed by atoms with van der Waals surface area (Å²) in [5, 5.41) is 7.04. The van der Waals surface area contributed by atoms with Gasteiger partial charge in [-0.1, -0.05) is 24.3 Å². The molecule has 2 rings (SSSR count). The molecule has 25 heavy (non-hydrogen) atoms. The molecule has 0 atom stereocenters. The van der Waals surface area contributed by atoms with Gasteiger partial charge in [0, 0.05) is 25.9 Å². The predicted octanol–water partition coefficient (Wildman–Crippen LogP) is 1.53. The lowest BCUT2D eigenvalue weighted by Crippen LogP contribution is -2.49. The number of carbonyl (C=O) groups excluding carboxylic acids is 1. The standard InChI is InChI=1S/C17H23N3O3S2/c1-13(2)12-18-17(24)20-10-4-9-19(20)16(21)11-14-5-7-15(8-6-14)25(3,22)23/h5-8H,1,4,9-12H2,2-3H3,(H,18,24). The number of hydrazine groups is 1. The molecule has 1 fully saturated rings. The molecule has 0 radical (unpaired) electrons. The van der Waals surface area contributed by atoms with E-state index in [1.165, 1.54) is 12.1 Å². The van der Waals surface area contributed by atoms with Crippen molar-refractivity contribution in [1.82, 2.24) is 15.3 Å². The molecule has 1 heterocycles. The van der Waals surface area contributed by atoms with Gasteiger partial charge < -0.3 is 5.32 Å². The summed E-state index contributed by atoms with van der Waals surface area (Å²) in [6.45, 7) is 7.62. The third-order valence-corrected chi connectivity index (χ3v) is 5.29. The van der Waals surface area contributed by atoms with Gasteiger partial charge in [-0.3, -0.25) is 14.8 Å². The highest BCUT2D eigenvalue weighted by Crippen LogP contribution is 2.15. The van der Waals surface area contributed by atoms with Crippen LogP contribution in [0.2, 0.25) is 0 Å². The number of sulfone groups is 1. The van der Waals surface area contributed by atoms with Gasteiger partial charge in [0.25, 0.3) is 0 Å². The normalized spacial score (nSPS) is 14.5. The number of rotatable bonds is 5. The van der Waals surface area contributed by atoms with Crippen molar-refractivity contribution in [3.8, 4) is 0 Å². The maximum Gasteiger partial charge on any atom is 0.245 e. The fraction of sp³-hybridized carbons (Fsp3) is 0.412. The van der Waals surface area contributed by atoms with Crippen LogP contribution < -0.4 is 5.32 Å². The summed E-state index contributed by atoms with van der Waals surface area (Å²) in [6, 6.07) is 6.40. The van der Waals surface area contributed by atoms with Crippen molar-refractivity contribution < 1.29 is 13.2 Å². The highest BCUT2D eigenvalue weighted by Gasteiger charge is 2.28. The van der Waals surface area contributed by atoms with Gasteiger partial charge in [0.15, 0.2) is 14.9 Å². The molecule has 0 saturated carbocycles. The zero-order valence-corrected chi connectivity index (χ0v) is 16.1. The van der Waals surface area contributed by atoms with E-state index in [1.807, 2.05) is 6.92 Å². The van der Waals surface area contributed by atoms with Crippen molar-refractivity contribution in [1.29, 1.82) is 0 Å². The number of carbonyl (C=O) groups is 1. The number of hydrogen-bond acceptors (Lipinski definition) is 4. The van der Waals surface area contributed by atoms with Crippen LogP contribution in [0.1, 0.15) is 18.9 Å². The fourth-order valence-electron chi connectivity index (χ4n) is 2.52. The first-order valence-electron chi connectivity index (χ1n) is 7.97. The molecule has 1 aromatic carbocycles. The Labute approximate surface area is 154 Å². The largest absolute Gasteiger partial charge is 0.357 e. The smallest absolute Gasteiger partial charge is 0.245 e. The number of nitrogens with zero attached hydrogens (tertiary/aromatic N) is 2. The molecule has 1 N–H and O–H groups in total. The van der Waals surface area contributed by atoms with Gasteiger partial charge in [-0.05, 0) is 43.3 Å². The van der Waals surface area contributed by atoms with Crippen molar-refractivity contribution in [3.63, 3.8) is 0 Å². The first-order valence-corrected chi connectivity index (χ1v) is 10.3. The fourth-order valence-corrected chi connectivity index (χ4v) is 3.41. The molecule has 1 aliphatic heterocycles. The number of nitrogens with one attached hydrogen (secondary N) is 1. The molecule has 1 saturated heterocycles. The van der Waals surface area contributed by atoms with Crippen molar-refractivity contribution in [2.45, 2.75) is 24.7 Å². The van der Waals surface area contributed by atoms with E-state index in [1.54, 1.807) is 22.2 Å². The van der Waals surface area contributed by atoms with Gasteiger partial charge in [0.05, 0.1) is 11.3 Å². The minimum Gasteiger partial charge on any atom is -0.357 e. The Morgan fingerprint density at radius 3 is 2.40 bits per heavy atom. The summed E-state index contributed by atoms with van der Waals surface area (Å²) in [5.41, 5.74) is 1.73. The van der Waals surface area contributed by atoms with Crippen LogP contribution in [-0.2, 0) is 21.1 Å². The lowest BCUT2D eigenvalue weighted by Gasteiger charge is -2.30. The van der Waals surface area contributed by atoms with E-state index in [9.17, 15) is 13.2 Å². The van der Waals surface area contributed by atoms with E-state index in [2.05, 4.69) is 11.9 Å². The number of benzene rings is 1. The van der Waals surface area contributed by atoms with Crippen molar-refractivity contribution in [2.24, 2.45) is 0 Å². The maximum absolute atomic E-state index is 12.6. The molecule has 0 aliphatic carbocycles. The Bertz CT molecular complexity index is 773. The third-order valence-electron chi connectivity index (χ3n) is 3.80. The zero-order valence-electron chi connectivity index (χ0n) is 14.5. The predicted molar refractivity (Wildman–Crippen MR) is 102 cm³/mol. The molecule has 0 unspecified atom stereocenters. The molecule has 1 aliphatic rings. The Balaban J connectivity index is 2.01. The van der Waals surface area contributed by atoms with Gasteiger partial charge >= 0.3 is 0 Å². The molecular weight excluding hydrogens is 358 g/mol. The second-order valence-electron chi connectivity index (χ2n) is 6.20. The van der Waals surface area contributed by atoms with Crippen molar-refractivity contribution in [2.75, 3.05) is 25.9 Å². The van der Waals surface area contributed by atoms with Crippen LogP contribution in [0.5, 0.6) is 0 Å². The van der Waals surface area contributed by atoms with Crippen LogP contribution in [0.4, 0.5) is 0 Å². The molecule has 0 bridgehead atoms. The topological polar surface area (TPSA) is 69.7 Å². The van der Waals surface area contributed by atoms with Crippen LogP contribution >= 0.6 is 12.2 Å². The minimum absolute atomic E-state index is 0.0657. The Hall–Kier alpha value is -1.93. The van der Waals surface area contributed by atoms with Crippen molar-refractivity contribution >= 4 is 33.1 Å². The van der Waals surface area contributed by atoms with Gasteiger partial charge in [-0.2, -0.15) is 0 Å². The minimum atomic E-state index is -3.23. The van der Waals surface area contributed by atoms with Gasteiger partial charge in [-0.15, -0.1) is 0 Å². The first-order chi connectivity index (χ1) is 11.7. The highest BCUT2D eigenvalue weighted by molar-refractivity contribution is 7.90. The monoisotopic (exact) mass is 381 g/mol. The number of hydrogen-bond donors (Lipinski definition) is 1. The molecule has 1 aromatic rings. The van der Waals surface area contributed by atoms with E-state index >= 15 is 0 Å². The second kappa shape index (κ2) is 7.97. The molecule has 8 heteroatoms. The second-order valence-corrected chi connectivity index (χ2v) is 8.60. The quantitative estimate of drug-likeness (QED) is 0.616. The maximum atomic E-state index is 12.6. The third kappa shape index (κ3) is 5.27. The summed E-state index contributed by atoms with van der Waals surface area (Å²) in [6.07, 6.45) is 2.21. The molecule has 1 amide bonds. The molecular formula is C17H23N3O3S2. The Kier molecular flexibility index (Phi) is 6.18. The zero-order chi connectivity index (χ0) is 18.6. The molecule has 0 spiro atoms. The summed E-state index contributed by atoms with van der Waals surface area (Å²) in [5.74, 6) is -0.0657. The van der Waals surface area contributed by atoms with Crippen LogP contribution in [-0.4, -0.2) is 55.3 Å². The Morgan fingerprint density at radius 2 is 1.84 bits per heavy atom. The summed E-state index contributed by atoms with van der Waals surface area (Å²) < 4.78 is 23.0. The molecule has 6 nitrogen and oxygen atoms in total. The molecule has 136 valence electrons. The van der Waals surface area contributed by atoms with E-state index in [0.717, 1.165) is 23.8 Å². The average molecular weight is 382 g/mol. The summed E-state index contributed by atoms with van der Waals surface area (Å²) in [7, 11) is -3.23. The van der Waals surface area contributed by atoms with Crippen LogP contribution in [0.3, 0.4) is 0 Å². The summed E-state index contributed by atoms with van der Waals surface area (Å²) in [4.78, 5) is 12.9. The SMILES string of the molecule is C=C(C)CNC(=S)N1CCCN1C(=O)Cc1ccc(S(C)(=O)=O)cc1. The van der Waals surface area contributed by atoms with Crippen LogP contribution in [0, 0.1) is 0 Å². The summed E-state index contributed by atoms with van der Waals surface area (Å²) >= 11 is 5.36. The number of thiocarbonyl (C=S) groups is 1. The first kappa shape index (κ1) is 19.4. The van der Waals surface area contributed by atoms with Gasteiger partial charge in [0.2, 0.25) is 5.91 Å². The van der Waals surface area contributed by atoms with Crippen LogP contribution in [0.15, 0.2) is 41.3 Å². The number of amides is 1. The van der Waals surface area contributed by atoms with E-state index in [4.69, 9.17) is 12.2 Å². The van der Waals surface area contributed by atoms with E-state index in [-0.39, 0.29) is 17.2 Å². The van der Waals surface area contributed by atoms with Gasteiger partial charge in [0.1, 0.15) is 0 Å². The highest BCUT2D eigenvalue weighted by atomic mass is 32.2. The molecule has 0 aromatic heterocycles. The van der Waals surface area contributed by atoms with Gasteiger partial charge in [-0.25, -0.2) is 8.42 Å². The van der Waals surface area contributed by atoms with E-state index < -0.39 is 9.84 Å². The van der Waals surface area contributed by atoms with Crippen LogP contribution in [0.25, 0.3) is 0 Å². The van der Waals surface area contributed by atoms with E-state index in [0.29, 0.717) is 24.7 Å². The average Bonchev–Trinajstić information content (AvgIpc) is 3.02. The lowest BCUT2D eigenvalue weighted by atomic mass is 10.1. The lowest BCUT2D eigenvalue weighted by molar-refractivity contribution is -0.138.